The van der Waals surface area contributed by atoms with E-state index in [1.165, 1.54) is 0 Å². The Morgan fingerprint density at radius 2 is 2.75 bits per heavy atom. The maximum Gasteiger partial charge on any atom is 0.0912 e. The van der Waals surface area contributed by atoms with Crippen LogP contribution in [0.25, 0.3) is 0 Å². The van der Waals surface area contributed by atoms with Crippen LogP contribution in [0.2, 0.25) is 0 Å². The van der Waals surface area contributed by atoms with Crippen LogP contribution in [0.15, 0.2) is 11.8 Å². The quantitative estimate of drug-likeness (QED) is 0.507. The van der Waals surface area contributed by atoms with Crippen molar-refractivity contribution in [1.29, 1.82) is 5.26 Å². The van der Waals surface area contributed by atoms with Crippen molar-refractivity contribution in [2.45, 2.75) is 12.8 Å². The zero-order valence-electron chi connectivity index (χ0n) is 4.55. The summed E-state index contributed by atoms with van der Waals surface area (Å²) >= 11 is 0. The molecule has 0 radical (unpaired) electrons. The Morgan fingerprint density at radius 3 is 3.25 bits per heavy atom. The first-order chi connectivity index (χ1) is 3.93. The predicted molar refractivity (Wildman–Crippen MR) is 28.9 cm³/mol. The lowest BCUT2D eigenvalue weighted by Gasteiger charge is -1.83. The summed E-state index contributed by atoms with van der Waals surface area (Å²) in [6.45, 7) is 0.761. The van der Waals surface area contributed by atoms with Gasteiger partial charge in [-0.3, -0.25) is 0 Å². The average Bonchev–Trinajstić information content (AvgIpc) is 2.19. The van der Waals surface area contributed by atoms with E-state index in [2.05, 4.69) is 6.07 Å². The van der Waals surface area contributed by atoms with Crippen molar-refractivity contribution in [2.24, 2.45) is 0 Å². The normalized spacial score (nSPS) is 16.6. The van der Waals surface area contributed by atoms with Gasteiger partial charge in [0.2, 0.25) is 0 Å². The van der Waals surface area contributed by atoms with Crippen LogP contribution in [0, 0.1) is 11.3 Å². The van der Waals surface area contributed by atoms with Crippen molar-refractivity contribution in [2.75, 3.05) is 6.61 Å². The number of rotatable bonds is 1. The van der Waals surface area contributed by atoms with Crippen LogP contribution in [0.5, 0.6) is 0 Å². The van der Waals surface area contributed by atoms with E-state index in [0.29, 0.717) is 6.42 Å². The number of ether oxygens (including phenoxy) is 1. The van der Waals surface area contributed by atoms with E-state index in [9.17, 15) is 0 Å². The van der Waals surface area contributed by atoms with Crippen LogP contribution in [0.3, 0.4) is 0 Å². The van der Waals surface area contributed by atoms with Gasteiger partial charge in [-0.1, -0.05) is 0 Å². The molecule has 1 heterocycles. The third-order valence-electron chi connectivity index (χ3n) is 1.10. The third kappa shape index (κ3) is 1.00. The van der Waals surface area contributed by atoms with Gasteiger partial charge in [0.25, 0.3) is 0 Å². The first-order valence-corrected chi connectivity index (χ1v) is 2.60. The molecule has 0 saturated carbocycles. The van der Waals surface area contributed by atoms with Crippen LogP contribution in [0.1, 0.15) is 12.8 Å². The molecule has 0 aromatic heterocycles. The Bertz CT molecular complexity index is 143. The summed E-state index contributed by atoms with van der Waals surface area (Å²) in [5.41, 5.74) is 1.12. The zero-order valence-corrected chi connectivity index (χ0v) is 4.55. The standard InChI is InChI=1S/C6H7NO/c7-3-1-6-2-4-8-5-6/h5H,1-2,4H2. The smallest absolute Gasteiger partial charge is 0.0912 e. The number of nitrogens with zero attached hydrogens (tertiary/aromatic N) is 1. The lowest BCUT2D eigenvalue weighted by atomic mass is 10.2. The van der Waals surface area contributed by atoms with E-state index in [4.69, 9.17) is 10.00 Å². The molecule has 0 aromatic carbocycles. The Hall–Kier alpha value is -0.970. The molecular weight excluding hydrogens is 102 g/mol. The molecule has 42 valence electrons. The molecule has 1 aliphatic heterocycles. The third-order valence-corrected chi connectivity index (χ3v) is 1.10. The van der Waals surface area contributed by atoms with E-state index in [1.807, 2.05) is 0 Å². The average molecular weight is 109 g/mol. The Kier molecular flexibility index (Phi) is 1.53. The van der Waals surface area contributed by atoms with E-state index >= 15 is 0 Å². The lowest BCUT2D eigenvalue weighted by molar-refractivity contribution is 0.281. The van der Waals surface area contributed by atoms with Crippen molar-refractivity contribution < 1.29 is 4.74 Å². The van der Waals surface area contributed by atoms with Gasteiger partial charge >= 0.3 is 0 Å². The largest absolute Gasteiger partial charge is 0.501 e. The van der Waals surface area contributed by atoms with Gasteiger partial charge in [-0.05, 0) is 5.57 Å². The van der Waals surface area contributed by atoms with Gasteiger partial charge in [-0.25, -0.2) is 0 Å². The van der Waals surface area contributed by atoms with Crippen molar-refractivity contribution in [3.8, 4) is 6.07 Å². The Balaban J connectivity index is 2.36. The molecule has 0 atom stereocenters. The molecule has 0 aromatic rings. The van der Waals surface area contributed by atoms with E-state index in [-0.39, 0.29) is 0 Å². The molecule has 0 bridgehead atoms. The highest BCUT2D eigenvalue weighted by atomic mass is 16.5. The van der Waals surface area contributed by atoms with Crippen molar-refractivity contribution in [3.63, 3.8) is 0 Å². The van der Waals surface area contributed by atoms with Gasteiger partial charge in [0.05, 0.1) is 25.4 Å². The van der Waals surface area contributed by atoms with Gasteiger partial charge in [0.1, 0.15) is 0 Å². The summed E-state index contributed by atoms with van der Waals surface area (Å²) in [4.78, 5) is 0. The lowest BCUT2D eigenvalue weighted by Crippen LogP contribution is -1.76. The fourth-order valence-electron chi connectivity index (χ4n) is 0.657. The van der Waals surface area contributed by atoms with Crippen molar-refractivity contribution >= 4 is 0 Å². The molecule has 1 rings (SSSR count). The van der Waals surface area contributed by atoms with Crippen LogP contribution in [0.4, 0.5) is 0 Å². The first kappa shape index (κ1) is 5.17. The van der Waals surface area contributed by atoms with Crippen LogP contribution >= 0.6 is 0 Å². The molecule has 0 N–H and O–H groups in total. The second kappa shape index (κ2) is 2.37. The summed E-state index contributed by atoms with van der Waals surface area (Å²) in [5, 5.41) is 8.18. The van der Waals surface area contributed by atoms with Crippen LogP contribution < -0.4 is 0 Å². The minimum absolute atomic E-state index is 0.528. The van der Waals surface area contributed by atoms with Gasteiger partial charge in [0.15, 0.2) is 0 Å². The molecule has 2 heteroatoms. The van der Waals surface area contributed by atoms with Gasteiger partial charge in [0, 0.05) is 6.42 Å². The van der Waals surface area contributed by atoms with Gasteiger partial charge in [-0.15, -0.1) is 0 Å². The fraction of sp³-hybridized carbons (Fsp3) is 0.500. The maximum atomic E-state index is 8.18. The summed E-state index contributed by atoms with van der Waals surface area (Å²) in [6, 6.07) is 2.06. The van der Waals surface area contributed by atoms with Gasteiger partial charge in [-0.2, -0.15) is 5.26 Å². The summed E-state index contributed by atoms with van der Waals surface area (Å²) in [7, 11) is 0. The van der Waals surface area contributed by atoms with Crippen LogP contribution in [-0.2, 0) is 4.74 Å². The number of hydrogen-bond donors (Lipinski definition) is 0. The van der Waals surface area contributed by atoms with Crippen LogP contribution in [-0.4, -0.2) is 6.61 Å². The molecule has 0 spiro atoms. The highest BCUT2D eigenvalue weighted by Crippen LogP contribution is 2.12. The SMILES string of the molecule is N#CCC1=COCC1. The maximum absolute atomic E-state index is 8.18. The minimum Gasteiger partial charge on any atom is -0.501 e. The van der Waals surface area contributed by atoms with Gasteiger partial charge < -0.3 is 4.74 Å². The molecule has 1 aliphatic rings. The molecule has 0 fully saturated rings. The second-order valence-corrected chi connectivity index (χ2v) is 1.73. The predicted octanol–water partition coefficient (Wildman–Crippen LogP) is 1.20. The molecule has 0 unspecified atom stereocenters. The molecule has 0 saturated heterocycles. The van der Waals surface area contributed by atoms with E-state index < -0.39 is 0 Å². The molecule has 0 amide bonds. The monoisotopic (exact) mass is 109 g/mol. The Morgan fingerprint density at radius 1 is 1.88 bits per heavy atom. The molecule has 0 aliphatic carbocycles. The summed E-state index contributed by atoms with van der Waals surface area (Å²) in [5.74, 6) is 0. The van der Waals surface area contributed by atoms with E-state index in [0.717, 1.165) is 18.6 Å². The first-order valence-electron chi connectivity index (χ1n) is 2.60. The number of nitriles is 1. The summed E-state index contributed by atoms with van der Waals surface area (Å²) < 4.78 is 4.90. The molecule has 2 nitrogen and oxygen atoms in total. The molecular formula is C6H7NO. The number of hydrogen-bond acceptors (Lipinski definition) is 2. The minimum atomic E-state index is 0.528. The van der Waals surface area contributed by atoms with Crippen molar-refractivity contribution in [3.05, 3.63) is 11.8 Å². The summed E-state index contributed by atoms with van der Waals surface area (Å²) in [6.07, 6.45) is 3.15. The Labute approximate surface area is 48.4 Å². The second-order valence-electron chi connectivity index (χ2n) is 1.73. The zero-order chi connectivity index (χ0) is 5.82. The highest BCUT2D eigenvalue weighted by Gasteiger charge is 2.02. The van der Waals surface area contributed by atoms with E-state index in [1.54, 1.807) is 6.26 Å². The topological polar surface area (TPSA) is 33.0 Å². The fourth-order valence-corrected chi connectivity index (χ4v) is 0.657. The molecule has 8 heavy (non-hydrogen) atoms. The van der Waals surface area contributed by atoms with Crippen molar-refractivity contribution in [1.82, 2.24) is 0 Å². The highest BCUT2D eigenvalue weighted by molar-refractivity contribution is 5.07.